The van der Waals surface area contributed by atoms with Gasteiger partial charge in [-0.05, 0) is 55.5 Å². The monoisotopic (exact) mass is 573 g/mol. The predicted molar refractivity (Wildman–Crippen MR) is 157 cm³/mol. The third-order valence-electron chi connectivity index (χ3n) is 7.33. The lowest BCUT2D eigenvalue weighted by molar-refractivity contribution is -0.141. The number of carbonyl (C=O) groups excluding carboxylic acids is 2. The molecule has 0 aliphatic heterocycles. The van der Waals surface area contributed by atoms with Crippen LogP contribution in [-0.4, -0.2) is 64.2 Å². The Morgan fingerprint density at radius 2 is 1.75 bits per heavy atom. The maximum absolute atomic E-state index is 13.7. The fourth-order valence-corrected chi connectivity index (χ4v) is 6.22. The molecule has 1 aliphatic rings. The van der Waals surface area contributed by atoms with Crippen LogP contribution in [0, 0.1) is 0 Å². The van der Waals surface area contributed by atoms with Gasteiger partial charge in [0.25, 0.3) is 0 Å². The summed E-state index contributed by atoms with van der Waals surface area (Å²) in [4.78, 5) is 28.8. The number of para-hydroxylation sites is 2. The number of anilines is 1. The topological polar surface area (TPSA) is 105 Å². The summed E-state index contributed by atoms with van der Waals surface area (Å²) in [6.07, 6.45) is 7.24. The molecule has 1 unspecified atom stereocenters. The fourth-order valence-electron chi connectivity index (χ4n) is 5.25. The molecule has 0 heterocycles. The quantitative estimate of drug-likeness (QED) is 0.357. The molecule has 2 amide bonds. The van der Waals surface area contributed by atoms with Gasteiger partial charge in [-0.2, -0.15) is 0 Å². The minimum atomic E-state index is -3.63. The first-order valence-corrected chi connectivity index (χ1v) is 15.9. The molecule has 0 aromatic heterocycles. The Morgan fingerprint density at radius 3 is 2.40 bits per heavy atom. The van der Waals surface area contributed by atoms with E-state index in [0.29, 0.717) is 23.6 Å². The molecule has 220 valence electrons. The second-order valence-electron chi connectivity index (χ2n) is 10.3. The summed E-state index contributed by atoms with van der Waals surface area (Å²) >= 11 is 0. The van der Waals surface area contributed by atoms with Gasteiger partial charge < -0.3 is 19.7 Å². The molecule has 3 rings (SSSR count). The fraction of sp³-hybridized carbons (Fsp3) is 0.533. The number of methoxy groups -OCH3 is 2. The zero-order valence-electron chi connectivity index (χ0n) is 24.1. The van der Waals surface area contributed by atoms with Crippen molar-refractivity contribution >= 4 is 27.5 Å². The van der Waals surface area contributed by atoms with Crippen molar-refractivity contribution in [2.24, 2.45) is 0 Å². The standard InChI is InChI=1S/C30H43N3O6S/c1-5-26(30(35)31-24-14-7-6-8-15-24)32(22-23-13-11-16-25(21-23)38-2)29(34)19-12-20-33(40(4,36)37)27-17-9-10-18-28(27)39-3/h9-11,13,16-18,21,24,26H,5-8,12,14-15,19-20,22H2,1-4H3,(H,31,35). The Hall–Kier alpha value is -3.27. The highest BCUT2D eigenvalue weighted by atomic mass is 32.2. The third kappa shape index (κ3) is 8.61. The van der Waals surface area contributed by atoms with E-state index in [1.54, 1.807) is 36.3 Å². The number of carbonyl (C=O) groups is 2. The number of benzene rings is 2. The zero-order valence-corrected chi connectivity index (χ0v) is 24.9. The van der Waals surface area contributed by atoms with Crippen molar-refractivity contribution in [1.82, 2.24) is 10.2 Å². The molecule has 2 aromatic rings. The van der Waals surface area contributed by atoms with E-state index in [2.05, 4.69) is 5.32 Å². The lowest BCUT2D eigenvalue weighted by Crippen LogP contribution is -2.51. The summed E-state index contributed by atoms with van der Waals surface area (Å²) in [5.74, 6) is 0.758. The van der Waals surface area contributed by atoms with Crippen LogP contribution in [-0.2, 0) is 26.2 Å². The van der Waals surface area contributed by atoms with Crippen LogP contribution in [0.3, 0.4) is 0 Å². The van der Waals surface area contributed by atoms with Crippen LogP contribution < -0.4 is 19.1 Å². The highest BCUT2D eigenvalue weighted by molar-refractivity contribution is 7.92. The highest BCUT2D eigenvalue weighted by Gasteiger charge is 2.30. The summed E-state index contributed by atoms with van der Waals surface area (Å²) in [7, 11) is -0.550. The number of nitrogens with one attached hydrogen (secondary N) is 1. The average Bonchev–Trinajstić information content (AvgIpc) is 2.95. The minimum absolute atomic E-state index is 0.0817. The number of hydrogen-bond donors (Lipinski definition) is 1. The van der Waals surface area contributed by atoms with Crippen molar-refractivity contribution < 1.29 is 27.5 Å². The van der Waals surface area contributed by atoms with Crippen molar-refractivity contribution in [3.63, 3.8) is 0 Å². The Kier molecular flexibility index (Phi) is 11.7. The Bertz CT molecular complexity index is 1230. The van der Waals surface area contributed by atoms with Gasteiger partial charge in [0.05, 0.1) is 26.2 Å². The maximum atomic E-state index is 13.7. The first kappa shape index (κ1) is 31.3. The van der Waals surface area contributed by atoms with Crippen LogP contribution >= 0.6 is 0 Å². The normalized spacial score (nSPS) is 14.7. The molecule has 0 saturated heterocycles. The van der Waals surface area contributed by atoms with Gasteiger partial charge >= 0.3 is 0 Å². The first-order chi connectivity index (χ1) is 19.2. The molecular formula is C30H43N3O6S. The molecular weight excluding hydrogens is 530 g/mol. The molecule has 1 atom stereocenters. The largest absolute Gasteiger partial charge is 0.497 e. The van der Waals surface area contributed by atoms with E-state index in [9.17, 15) is 18.0 Å². The summed E-state index contributed by atoms with van der Waals surface area (Å²) in [6, 6.07) is 13.8. The molecule has 1 N–H and O–H groups in total. The van der Waals surface area contributed by atoms with Gasteiger partial charge in [-0.15, -0.1) is 0 Å². The number of sulfonamides is 1. The SMILES string of the molecule is CCC(C(=O)NC1CCCCC1)N(Cc1cccc(OC)c1)C(=O)CCCN(c1ccccc1OC)S(C)(=O)=O. The van der Waals surface area contributed by atoms with Gasteiger partial charge in [-0.1, -0.05) is 50.5 Å². The second-order valence-corrected chi connectivity index (χ2v) is 12.2. The van der Waals surface area contributed by atoms with Gasteiger partial charge in [-0.25, -0.2) is 8.42 Å². The summed E-state index contributed by atoms with van der Waals surface area (Å²) in [5, 5.41) is 3.18. The van der Waals surface area contributed by atoms with Gasteiger partial charge in [0.15, 0.2) is 0 Å². The minimum Gasteiger partial charge on any atom is -0.497 e. The van der Waals surface area contributed by atoms with Crippen molar-refractivity contribution in [3.8, 4) is 11.5 Å². The van der Waals surface area contributed by atoms with Gasteiger partial charge in [-0.3, -0.25) is 13.9 Å². The van der Waals surface area contributed by atoms with Crippen LogP contribution in [0.4, 0.5) is 5.69 Å². The molecule has 10 heteroatoms. The average molecular weight is 574 g/mol. The van der Waals surface area contributed by atoms with Gasteiger partial charge in [0, 0.05) is 25.6 Å². The van der Waals surface area contributed by atoms with E-state index in [4.69, 9.17) is 9.47 Å². The molecule has 0 bridgehead atoms. The summed E-state index contributed by atoms with van der Waals surface area (Å²) in [5.41, 5.74) is 1.27. The van der Waals surface area contributed by atoms with E-state index in [-0.39, 0.29) is 43.8 Å². The number of amides is 2. The molecule has 1 fully saturated rings. The molecule has 1 aliphatic carbocycles. The molecule has 9 nitrogen and oxygen atoms in total. The van der Waals surface area contributed by atoms with Crippen LogP contribution in [0.2, 0.25) is 0 Å². The lowest BCUT2D eigenvalue weighted by Gasteiger charge is -2.33. The van der Waals surface area contributed by atoms with E-state index in [1.807, 2.05) is 31.2 Å². The van der Waals surface area contributed by atoms with Crippen molar-refractivity contribution in [2.45, 2.75) is 76.9 Å². The Balaban J connectivity index is 1.79. The molecule has 40 heavy (non-hydrogen) atoms. The van der Waals surface area contributed by atoms with Crippen molar-refractivity contribution in [1.29, 1.82) is 0 Å². The van der Waals surface area contributed by atoms with E-state index in [0.717, 1.165) is 37.5 Å². The van der Waals surface area contributed by atoms with E-state index in [1.165, 1.54) is 17.8 Å². The van der Waals surface area contributed by atoms with E-state index < -0.39 is 16.1 Å². The number of ether oxygens (including phenoxy) is 2. The van der Waals surface area contributed by atoms with Crippen molar-refractivity contribution in [2.75, 3.05) is 31.3 Å². The number of rotatable bonds is 14. The van der Waals surface area contributed by atoms with Gasteiger partial charge in [0.1, 0.15) is 17.5 Å². The zero-order chi connectivity index (χ0) is 29.1. The van der Waals surface area contributed by atoms with E-state index >= 15 is 0 Å². The third-order valence-corrected chi connectivity index (χ3v) is 8.51. The second kappa shape index (κ2) is 14.9. The maximum Gasteiger partial charge on any atom is 0.243 e. The molecule has 1 saturated carbocycles. The summed E-state index contributed by atoms with van der Waals surface area (Å²) < 4.78 is 37.3. The van der Waals surface area contributed by atoms with Crippen LogP contribution in [0.5, 0.6) is 11.5 Å². The first-order valence-electron chi connectivity index (χ1n) is 14.0. The Labute approximate surface area is 238 Å². The smallest absolute Gasteiger partial charge is 0.243 e. The number of hydrogen-bond acceptors (Lipinski definition) is 6. The van der Waals surface area contributed by atoms with Gasteiger partial charge in [0.2, 0.25) is 21.8 Å². The highest BCUT2D eigenvalue weighted by Crippen LogP contribution is 2.30. The molecule has 0 spiro atoms. The predicted octanol–water partition coefficient (Wildman–Crippen LogP) is 4.51. The van der Waals surface area contributed by atoms with Crippen LogP contribution in [0.1, 0.15) is 63.9 Å². The summed E-state index contributed by atoms with van der Waals surface area (Å²) in [6.45, 7) is 2.25. The Morgan fingerprint density at radius 1 is 1.02 bits per heavy atom. The lowest BCUT2D eigenvalue weighted by atomic mass is 9.95. The van der Waals surface area contributed by atoms with Crippen molar-refractivity contribution in [3.05, 3.63) is 54.1 Å². The van der Waals surface area contributed by atoms with Crippen LogP contribution in [0.25, 0.3) is 0 Å². The number of nitrogens with zero attached hydrogens (tertiary/aromatic N) is 2. The molecule has 2 aromatic carbocycles. The molecule has 0 radical (unpaired) electrons. The van der Waals surface area contributed by atoms with Crippen LogP contribution in [0.15, 0.2) is 48.5 Å².